The second kappa shape index (κ2) is 41.4. The maximum atomic E-state index is 12.4. The van der Waals surface area contributed by atoms with Gasteiger partial charge < -0.3 is 106 Å². The second-order valence-corrected chi connectivity index (χ2v) is 50.2. The van der Waals surface area contributed by atoms with Gasteiger partial charge in [-0.2, -0.15) is 0 Å². The third-order valence-electron chi connectivity index (χ3n) is 33.5. The van der Waals surface area contributed by atoms with Gasteiger partial charge in [0.15, 0.2) is 39.6 Å². The monoisotopic (exact) mass is 2040 g/mol. The molecule has 0 radical (unpaired) electrons. The molecule has 0 aromatic heterocycles. The molecule has 24 fully saturated rings. The van der Waals surface area contributed by atoms with E-state index in [-0.39, 0.29) is 137 Å². The zero-order valence-corrected chi connectivity index (χ0v) is 88.6. The Morgan fingerprint density at radius 2 is 0.414 bits per heavy atom. The van der Waals surface area contributed by atoms with Gasteiger partial charge in [0.25, 0.3) is 0 Å². The molecule has 0 heterocycles. The van der Waals surface area contributed by atoms with Crippen LogP contribution in [0, 0.1) is 44.3 Å². The summed E-state index contributed by atoms with van der Waals surface area (Å²) in [7, 11) is 0. The van der Waals surface area contributed by atoms with Crippen molar-refractivity contribution < 1.29 is 163 Å². The van der Waals surface area contributed by atoms with Crippen molar-refractivity contribution in [1.29, 1.82) is 0 Å². The lowest BCUT2D eigenvalue weighted by atomic mass is 9.42. The van der Waals surface area contributed by atoms with Crippen LogP contribution in [0.4, 0.5) is 0 Å². The lowest BCUT2D eigenvalue weighted by Gasteiger charge is -2.68. The molecule has 24 aliphatic rings. The zero-order valence-electron chi connectivity index (χ0n) is 88.6. The first kappa shape index (κ1) is 114. The fourth-order valence-corrected chi connectivity index (χ4v) is 35.5. The van der Waals surface area contributed by atoms with E-state index in [0.29, 0.717) is 90.0 Å². The third kappa shape index (κ3) is 26.3. The maximum absolute atomic E-state index is 12.4. The molecule has 0 aliphatic heterocycles. The van der Waals surface area contributed by atoms with Crippen LogP contribution in [0.2, 0.25) is 0 Å². The van der Waals surface area contributed by atoms with Crippen LogP contribution >= 0.6 is 0 Å². The second-order valence-electron chi connectivity index (χ2n) is 50.2. The third-order valence-corrected chi connectivity index (χ3v) is 33.5. The molecular formula is C111H162O34. The number of rotatable bonds is 36. The largest absolute Gasteiger partial charge is 0.456 e. The molecular weight excluding hydrogens is 1880 g/mol. The summed E-state index contributed by atoms with van der Waals surface area (Å²) in [5, 5.41) is 43.5. The van der Waals surface area contributed by atoms with Gasteiger partial charge in [-0.05, 0) is 235 Å². The Labute approximate surface area is 853 Å². The molecule has 810 valence electrons. The Morgan fingerprint density at radius 1 is 0.234 bits per heavy atom. The molecule has 34 nitrogen and oxygen atoms in total. The molecule has 24 bridgehead atoms. The first-order chi connectivity index (χ1) is 67.4. The molecule has 34 heteroatoms. The average Bonchev–Trinajstić information content (AvgIpc) is 0.696. The lowest BCUT2D eigenvalue weighted by molar-refractivity contribution is -0.311. The highest BCUT2D eigenvalue weighted by atomic mass is 16.6. The van der Waals surface area contributed by atoms with E-state index in [1.165, 1.54) is 19.8 Å². The molecule has 24 saturated carbocycles. The lowest BCUT2D eigenvalue weighted by Crippen LogP contribution is -2.73. The highest BCUT2D eigenvalue weighted by Crippen LogP contribution is 2.74. The summed E-state index contributed by atoms with van der Waals surface area (Å²) in [6.45, 7) is 51.7. The molecule has 145 heavy (non-hydrogen) atoms. The van der Waals surface area contributed by atoms with Crippen molar-refractivity contribution in [3.63, 3.8) is 0 Å². The Morgan fingerprint density at radius 3 is 0.641 bits per heavy atom. The molecule has 0 aromatic rings. The maximum Gasteiger partial charge on any atom is 0.344 e. The van der Waals surface area contributed by atoms with Gasteiger partial charge in [-0.25, -0.2) is 57.5 Å². The van der Waals surface area contributed by atoms with Gasteiger partial charge in [-0.1, -0.05) is 81.0 Å². The smallest absolute Gasteiger partial charge is 0.344 e. The summed E-state index contributed by atoms with van der Waals surface area (Å²) >= 11 is 0. The summed E-state index contributed by atoms with van der Waals surface area (Å²) in [6, 6.07) is 0. The summed E-state index contributed by atoms with van der Waals surface area (Å²) in [5.74, 6) is -5.92. The number of aliphatic hydroxyl groups is 4. The van der Waals surface area contributed by atoms with E-state index >= 15 is 0 Å². The molecule has 0 saturated heterocycles. The first-order valence-electron chi connectivity index (χ1n) is 52.3. The minimum Gasteiger partial charge on any atom is -0.456 e. The van der Waals surface area contributed by atoms with Crippen molar-refractivity contribution in [2.24, 2.45) is 44.3 Å². The highest BCUT2D eigenvalue weighted by molar-refractivity contribution is 5.90. The molecule has 0 aromatic carbocycles. The topological polar surface area (TPSA) is 452 Å². The summed E-state index contributed by atoms with van der Waals surface area (Å²) in [6.07, 6.45) is 30.3. The SMILES string of the molecule is C=C(C)C(=O)OCC(=O)OC12CC3(C)CC(C)(CC(OCC)(C3)C1)C2.C=C(C)C(=O)OCC(=O)OC12CC3(O)CC(O)(CC(OCC)(C3)C1)C2.C=C(C)C(=O)OCC(=O)OC12CC3CC(C)(CC(OCC)(C3)C1)C2.C=CC(=O)OCC(=O)OC12CC3(C)CC(C)(CC(OCC)(C3)C1)C2.C=CC(=O)OCC(=O)OC12CC3(O)CC(O)(CC(OCC)(C3)C1)C2.C=CC(=O)OCC(=O)OC12CC3CC(C)(CC(OCC)(C3)C1)C2. The van der Waals surface area contributed by atoms with Gasteiger partial charge in [0, 0.05) is 177 Å². The van der Waals surface area contributed by atoms with Crippen LogP contribution in [0.3, 0.4) is 0 Å². The zero-order chi connectivity index (χ0) is 107. The van der Waals surface area contributed by atoms with E-state index in [1.54, 1.807) is 13.8 Å². The minimum absolute atomic E-state index is 0.132. The van der Waals surface area contributed by atoms with Crippen molar-refractivity contribution in [1.82, 2.24) is 0 Å². The Bertz CT molecular complexity index is 4740. The van der Waals surface area contributed by atoms with E-state index in [0.717, 1.165) is 159 Å². The van der Waals surface area contributed by atoms with E-state index in [1.807, 2.05) is 41.5 Å². The van der Waals surface area contributed by atoms with Gasteiger partial charge in [0.2, 0.25) is 0 Å². The van der Waals surface area contributed by atoms with Crippen molar-refractivity contribution >= 4 is 71.6 Å². The molecule has 0 amide bonds. The van der Waals surface area contributed by atoms with Gasteiger partial charge in [-0.3, -0.25) is 0 Å². The number of hydrogen-bond acceptors (Lipinski definition) is 34. The molecule has 0 spiro atoms. The van der Waals surface area contributed by atoms with Crippen LogP contribution < -0.4 is 0 Å². The predicted molar refractivity (Wildman–Crippen MR) is 522 cm³/mol. The van der Waals surface area contributed by atoms with Crippen LogP contribution in [-0.4, -0.2) is 261 Å². The normalized spacial score (nSPS) is 41.4. The van der Waals surface area contributed by atoms with E-state index in [9.17, 15) is 78.0 Å². The van der Waals surface area contributed by atoms with Gasteiger partial charge in [0.1, 0.15) is 33.6 Å². The van der Waals surface area contributed by atoms with Gasteiger partial charge >= 0.3 is 71.6 Å². The van der Waals surface area contributed by atoms with Crippen LogP contribution in [0.5, 0.6) is 0 Å². The van der Waals surface area contributed by atoms with Crippen LogP contribution in [0.15, 0.2) is 74.4 Å². The van der Waals surface area contributed by atoms with Crippen LogP contribution in [-0.2, 0) is 143 Å². The minimum atomic E-state index is -1.12. The summed E-state index contributed by atoms with van der Waals surface area (Å²) in [4.78, 5) is 141. The number of carbonyl (C=O) groups excluding carboxylic acids is 12. The Kier molecular flexibility index (Phi) is 32.5. The number of esters is 12. The van der Waals surface area contributed by atoms with Crippen molar-refractivity contribution in [2.45, 2.75) is 425 Å². The predicted octanol–water partition coefficient (Wildman–Crippen LogP) is 14.3. The van der Waals surface area contributed by atoms with Crippen molar-refractivity contribution in [2.75, 3.05) is 79.3 Å². The van der Waals surface area contributed by atoms with Crippen molar-refractivity contribution in [3.8, 4) is 0 Å². The summed E-state index contributed by atoms with van der Waals surface area (Å²) < 4.78 is 100. The fraction of sp³-hybridized carbons (Fsp3) is 0.784. The quantitative estimate of drug-likeness (QED) is 0.0257. The average molecular weight is 2040 g/mol. The summed E-state index contributed by atoms with van der Waals surface area (Å²) in [5.41, 5.74) is -8.82. The van der Waals surface area contributed by atoms with Gasteiger partial charge in [0.05, 0.1) is 56.0 Å². The molecule has 24 aliphatic carbocycles. The van der Waals surface area contributed by atoms with E-state index in [4.69, 9.17) is 85.3 Å². The molecule has 16 atom stereocenters. The van der Waals surface area contributed by atoms with Crippen LogP contribution in [0.1, 0.15) is 335 Å². The number of carbonyl (C=O) groups is 12. The van der Waals surface area contributed by atoms with E-state index < -0.39 is 152 Å². The highest BCUT2D eigenvalue weighted by Gasteiger charge is 2.75. The number of ether oxygens (including phenoxy) is 18. The van der Waals surface area contributed by atoms with Crippen molar-refractivity contribution in [3.05, 3.63) is 74.4 Å². The molecule has 24 rings (SSSR count). The first-order valence-corrected chi connectivity index (χ1v) is 52.3. The fourth-order valence-electron chi connectivity index (χ4n) is 35.5. The van der Waals surface area contributed by atoms with Gasteiger partial charge in [-0.15, -0.1) is 0 Å². The number of hydrogen-bond donors (Lipinski definition) is 4. The Balaban J connectivity index is 0.000000146. The molecule has 16 unspecified atom stereocenters. The van der Waals surface area contributed by atoms with E-state index in [2.05, 4.69) is 81.0 Å². The van der Waals surface area contributed by atoms with Crippen LogP contribution in [0.25, 0.3) is 0 Å². The molecule has 4 N–H and O–H groups in total. The Hall–Kier alpha value is -8.32. The standard InChI is InChI=1S/C20H30O5.2C19H28O5.C18H26O7.C18H26O5.C17H24O7/c1-6-24-19-9-17(4)8-18(5,10-19)12-20(11-17,13-19)25-15(21)7-23-16(22)14(2)3;1-5-23-18-7-14-6-17(4,10-18)11-19(8-14,12-18)24-15(20)9-22-16(21)13(2)3;1-5-14(20)22-7-15(21)24-19-11-16(3)8-17(4,12-19)10-18(9-16,13-19)23-6-2;1-4-24-17-7-15(21)6-16(22,8-17)10-18(9-15,11-17)25-13(19)5-23-14(20)12(2)3;1-4-14(19)21-9-15(20)23-18-8-13-6-16(3,11-18)10-17(7-13,12-18)22-5-2;1-3-12(18)22-5-13(19)24-17-9-14(20)6-15(21,10-17)8-16(7-14,11-17)23-4-2/h2,6-13H2,1,3-5H3;14H,2,5-12H2,1,3-4H3;5H,1,6-13H2,2-4H3;21-22H,2,4-11H2,1,3H3;4,13H,1,5-12H2,2-3H3;3,20-21H,1,4-11H2,2H3.